The zero-order valence-corrected chi connectivity index (χ0v) is 10.4. The Morgan fingerprint density at radius 3 is 2.69 bits per heavy atom. The Balaban J connectivity index is 2.84. The molecule has 0 amide bonds. The van der Waals surface area contributed by atoms with Gasteiger partial charge in [-0.2, -0.15) is 0 Å². The van der Waals surface area contributed by atoms with Crippen molar-refractivity contribution >= 4 is 46.0 Å². The standard InChI is InChI=1S/C11H5Cl3FN/c1-5-8(12)4-7-6(10(5)15)2-3-9(13)16-11(7)14/h2,4H,1H3. The van der Waals surface area contributed by atoms with Crippen LogP contribution in [-0.4, -0.2) is 5.17 Å². The minimum atomic E-state index is -0.435. The molecule has 1 aliphatic rings. The Labute approximate surface area is 107 Å². The van der Waals surface area contributed by atoms with E-state index in [-0.39, 0.29) is 10.3 Å². The second-order valence-electron chi connectivity index (χ2n) is 3.24. The Hall–Kier alpha value is -0.790. The van der Waals surface area contributed by atoms with Crippen LogP contribution in [0.5, 0.6) is 0 Å². The van der Waals surface area contributed by atoms with Crippen LogP contribution in [0.25, 0.3) is 6.08 Å². The van der Waals surface area contributed by atoms with Crippen LogP contribution in [0.3, 0.4) is 0 Å². The normalized spacial score (nSPS) is 14.1. The van der Waals surface area contributed by atoms with Gasteiger partial charge in [0, 0.05) is 21.7 Å². The molecule has 0 N–H and O–H groups in total. The molecule has 0 unspecified atom stereocenters. The Morgan fingerprint density at radius 1 is 1.31 bits per heavy atom. The summed E-state index contributed by atoms with van der Waals surface area (Å²) in [7, 11) is 0. The van der Waals surface area contributed by atoms with Gasteiger partial charge < -0.3 is 0 Å². The molecule has 0 aliphatic carbocycles. The van der Waals surface area contributed by atoms with E-state index in [1.165, 1.54) is 6.08 Å². The van der Waals surface area contributed by atoms with Crippen LogP contribution in [0.2, 0.25) is 5.02 Å². The number of rotatable bonds is 0. The van der Waals surface area contributed by atoms with Gasteiger partial charge in [-0.15, -0.1) is 0 Å². The van der Waals surface area contributed by atoms with Crippen LogP contribution in [0.1, 0.15) is 16.7 Å². The average molecular weight is 277 g/mol. The second kappa shape index (κ2) is 4.23. The van der Waals surface area contributed by atoms with Crippen LogP contribution < -0.4 is 0 Å². The molecule has 0 saturated heterocycles. The summed E-state index contributed by atoms with van der Waals surface area (Å²) in [6.45, 7) is 1.59. The van der Waals surface area contributed by atoms with Gasteiger partial charge in [-0.25, -0.2) is 9.38 Å². The van der Waals surface area contributed by atoms with E-state index in [1.807, 2.05) is 0 Å². The molecule has 1 aliphatic heterocycles. The van der Waals surface area contributed by atoms with Gasteiger partial charge in [-0.05, 0) is 19.1 Å². The summed E-state index contributed by atoms with van der Waals surface area (Å²) in [6, 6.07) is 1.56. The molecule has 1 aromatic carbocycles. The summed E-state index contributed by atoms with van der Waals surface area (Å²) in [5.41, 5.74) is 3.69. The number of nitrogens with zero attached hydrogens (tertiary/aromatic N) is 1. The van der Waals surface area contributed by atoms with Gasteiger partial charge in [-0.1, -0.05) is 40.5 Å². The van der Waals surface area contributed by atoms with Gasteiger partial charge >= 0.3 is 0 Å². The molecule has 1 heterocycles. The molecule has 5 heteroatoms. The molecule has 0 aromatic heterocycles. The molecule has 82 valence electrons. The molecule has 0 atom stereocenters. The maximum absolute atomic E-state index is 13.9. The van der Waals surface area contributed by atoms with E-state index in [9.17, 15) is 4.39 Å². The van der Waals surface area contributed by atoms with Crippen molar-refractivity contribution in [2.24, 2.45) is 4.99 Å². The molecule has 1 nitrogen and oxygen atoms in total. The number of fused-ring (bicyclic) bond motifs is 1. The Bertz CT molecular complexity index is 569. The fourth-order valence-electron chi connectivity index (χ4n) is 1.36. The third-order valence-corrected chi connectivity index (χ3v) is 3.11. The first-order chi connectivity index (χ1) is 7.50. The van der Waals surface area contributed by atoms with Gasteiger partial charge in [0.1, 0.15) is 11.0 Å². The first-order valence-corrected chi connectivity index (χ1v) is 5.49. The van der Waals surface area contributed by atoms with E-state index in [4.69, 9.17) is 34.8 Å². The molecule has 0 fully saturated rings. The van der Waals surface area contributed by atoms with E-state index in [0.717, 1.165) is 0 Å². The van der Waals surface area contributed by atoms with E-state index >= 15 is 0 Å². The highest BCUT2D eigenvalue weighted by molar-refractivity contribution is 6.70. The number of aliphatic imine (C=N–C) groups is 1. The van der Waals surface area contributed by atoms with Crippen molar-refractivity contribution in [2.75, 3.05) is 0 Å². The third-order valence-electron chi connectivity index (χ3n) is 2.24. The third kappa shape index (κ3) is 1.90. The zero-order chi connectivity index (χ0) is 11.9. The van der Waals surface area contributed by atoms with Gasteiger partial charge in [0.15, 0.2) is 5.16 Å². The van der Waals surface area contributed by atoms with Crippen molar-refractivity contribution in [3.63, 3.8) is 0 Å². The fraction of sp³-hybridized carbons (Fsp3) is 0.0909. The predicted octanol–water partition coefficient (Wildman–Crippen LogP) is 4.48. The summed E-state index contributed by atoms with van der Waals surface area (Å²) in [6.07, 6.45) is 1.41. The zero-order valence-electron chi connectivity index (χ0n) is 8.11. The maximum Gasteiger partial charge on any atom is 0.173 e. The first kappa shape index (κ1) is 11.7. The highest BCUT2D eigenvalue weighted by Crippen LogP contribution is 2.29. The topological polar surface area (TPSA) is 12.4 Å². The maximum atomic E-state index is 13.9. The summed E-state index contributed by atoms with van der Waals surface area (Å²) in [5, 5.41) is 0.479. The number of benzene rings is 1. The summed E-state index contributed by atoms with van der Waals surface area (Å²) in [4.78, 5) is 3.83. The minimum absolute atomic E-state index is 0.0781. The van der Waals surface area contributed by atoms with Crippen LogP contribution >= 0.6 is 34.8 Å². The predicted molar refractivity (Wildman–Crippen MR) is 65.9 cm³/mol. The lowest BCUT2D eigenvalue weighted by Gasteiger charge is -2.08. The smallest absolute Gasteiger partial charge is 0.173 e. The summed E-state index contributed by atoms with van der Waals surface area (Å²) >= 11 is 17.5. The van der Waals surface area contributed by atoms with E-state index in [0.29, 0.717) is 21.7 Å². The minimum Gasteiger partial charge on any atom is -0.215 e. The van der Waals surface area contributed by atoms with Gasteiger partial charge in [-0.3, -0.25) is 0 Å². The Kier molecular flexibility index (Phi) is 3.09. The van der Waals surface area contributed by atoms with Crippen LogP contribution in [0.4, 0.5) is 4.39 Å². The number of halogens is 4. The number of hydrogen-bond donors (Lipinski definition) is 0. The lowest BCUT2D eigenvalue weighted by molar-refractivity contribution is 0.615. The van der Waals surface area contributed by atoms with Crippen molar-refractivity contribution < 1.29 is 4.39 Å². The highest BCUT2D eigenvalue weighted by atomic mass is 35.5. The molecule has 0 saturated carbocycles. The molecule has 1 aromatic rings. The van der Waals surface area contributed by atoms with Gasteiger partial charge in [0.05, 0.1) is 0 Å². The quantitative estimate of drug-likeness (QED) is 0.489. The van der Waals surface area contributed by atoms with Crippen molar-refractivity contribution in [2.45, 2.75) is 6.92 Å². The largest absolute Gasteiger partial charge is 0.215 e. The molecule has 2 rings (SSSR count). The molecule has 0 radical (unpaired) electrons. The second-order valence-corrected chi connectivity index (χ2v) is 4.36. The summed E-state index contributed by atoms with van der Waals surface area (Å²) < 4.78 is 13.9. The Morgan fingerprint density at radius 2 is 2.00 bits per heavy atom. The molecule has 0 bridgehead atoms. The van der Waals surface area contributed by atoms with Crippen LogP contribution in [0.15, 0.2) is 21.9 Å². The fourth-order valence-corrected chi connectivity index (χ4v) is 1.98. The first-order valence-electron chi connectivity index (χ1n) is 4.36. The highest BCUT2D eigenvalue weighted by Gasteiger charge is 2.17. The molecular weight excluding hydrogens is 271 g/mol. The van der Waals surface area contributed by atoms with Crippen LogP contribution in [0, 0.1) is 12.7 Å². The molecular formula is C11H5Cl3FN. The van der Waals surface area contributed by atoms with Crippen molar-refractivity contribution in [1.29, 1.82) is 0 Å². The lowest BCUT2D eigenvalue weighted by Crippen LogP contribution is -2.00. The van der Waals surface area contributed by atoms with Crippen molar-refractivity contribution in [1.82, 2.24) is 0 Å². The van der Waals surface area contributed by atoms with Gasteiger partial charge in [0.25, 0.3) is 0 Å². The lowest BCUT2D eigenvalue weighted by atomic mass is 10.0. The summed E-state index contributed by atoms with van der Waals surface area (Å²) in [5.74, 6) is -0.435. The average Bonchev–Trinajstić information content (AvgIpc) is 2.36. The van der Waals surface area contributed by atoms with Gasteiger partial charge in [0.2, 0.25) is 0 Å². The van der Waals surface area contributed by atoms with Crippen LogP contribution in [-0.2, 0) is 0 Å². The van der Waals surface area contributed by atoms with E-state index < -0.39 is 5.82 Å². The number of hydrogen-bond acceptors (Lipinski definition) is 1. The molecule has 0 spiro atoms. The monoisotopic (exact) mass is 275 g/mol. The van der Waals surface area contributed by atoms with Crippen molar-refractivity contribution in [3.8, 4) is 0 Å². The molecule has 16 heavy (non-hydrogen) atoms. The van der Waals surface area contributed by atoms with Crippen molar-refractivity contribution in [3.05, 3.63) is 44.5 Å². The SMILES string of the molecule is Cc1c(Cl)cc2c(c1F)C=C=C(Cl)N=C2Cl. The van der Waals surface area contributed by atoms with E-state index in [2.05, 4.69) is 10.7 Å². The van der Waals surface area contributed by atoms with E-state index in [1.54, 1.807) is 13.0 Å².